The van der Waals surface area contributed by atoms with Crippen molar-refractivity contribution in [1.82, 2.24) is 5.32 Å². The Bertz CT molecular complexity index is 429. The van der Waals surface area contributed by atoms with Crippen LogP contribution in [0.1, 0.15) is 31.9 Å². The highest BCUT2D eigenvalue weighted by atomic mass is 19.3. The zero-order valence-electron chi connectivity index (χ0n) is 12.5. The van der Waals surface area contributed by atoms with Gasteiger partial charge in [0.25, 0.3) is 6.43 Å². The van der Waals surface area contributed by atoms with Gasteiger partial charge in [0.2, 0.25) is 0 Å². The molecule has 0 spiro atoms. The standard InChI is InChI=1S/C15H23F3N2O/c1-3-6-19-11(2)13-9-12(16)4-5-14(13)20(7-8-21)10-15(17)18/h4-5,9,11,15,19,21H,3,6-8,10H2,1-2H3. The van der Waals surface area contributed by atoms with Crippen molar-refractivity contribution in [3.8, 4) is 0 Å². The molecule has 1 atom stereocenters. The van der Waals surface area contributed by atoms with E-state index in [2.05, 4.69) is 5.32 Å². The van der Waals surface area contributed by atoms with Crippen LogP contribution in [0.15, 0.2) is 18.2 Å². The molecule has 0 saturated heterocycles. The van der Waals surface area contributed by atoms with Crippen LogP contribution in [0.5, 0.6) is 0 Å². The first-order valence-electron chi connectivity index (χ1n) is 7.16. The Labute approximate surface area is 123 Å². The van der Waals surface area contributed by atoms with E-state index in [1.165, 1.54) is 23.1 Å². The van der Waals surface area contributed by atoms with Crippen LogP contribution in [-0.4, -0.2) is 37.8 Å². The number of nitrogens with zero attached hydrogens (tertiary/aromatic N) is 1. The largest absolute Gasteiger partial charge is 0.395 e. The molecule has 6 heteroatoms. The summed E-state index contributed by atoms with van der Waals surface area (Å²) >= 11 is 0. The van der Waals surface area contributed by atoms with Gasteiger partial charge in [0.15, 0.2) is 0 Å². The maximum absolute atomic E-state index is 13.5. The van der Waals surface area contributed by atoms with Crippen LogP contribution in [0.25, 0.3) is 0 Å². The predicted molar refractivity (Wildman–Crippen MR) is 78.4 cm³/mol. The molecule has 21 heavy (non-hydrogen) atoms. The SMILES string of the molecule is CCCNC(C)c1cc(F)ccc1N(CCO)CC(F)F. The van der Waals surface area contributed by atoms with Gasteiger partial charge in [0.05, 0.1) is 13.2 Å². The lowest BCUT2D eigenvalue weighted by Crippen LogP contribution is -2.33. The molecule has 0 fully saturated rings. The Balaban J connectivity index is 3.07. The molecule has 0 radical (unpaired) electrons. The first kappa shape index (κ1) is 17.8. The number of alkyl halides is 2. The number of hydrogen-bond donors (Lipinski definition) is 2. The molecule has 1 unspecified atom stereocenters. The summed E-state index contributed by atoms with van der Waals surface area (Å²) in [6.07, 6.45) is -1.60. The molecule has 0 aliphatic rings. The second-order valence-corrected chi connectivity index (χ2v) is 4.94. The van der Waals surface area contributed by atoms with Crippen LogP contribution in [0.2, 0.25) is 0 Å². The minimum atomic E-state index is -2.52. The third-order valence-electron chi connectivity index (χ3n) is 3.23. The van der Waals surface area contributed by atoms with E-state index < -0.39 is 18.8 Å². The summed E-state index contributed by atoms with van der Waals surface area (Å²) in [5.74, 6) is -0.403. The Hall–Kier alpha value is -1.27. The molecule has 0 saturated carbocycles. The summed E-state index contributed by atoms with van der Waals surface area (Å²) < 4.78 is 38.9. The number of rotatable bonds is 9. The molecule has 3 nitrogen and oxygen atoms in total. The fraction of sp³-hybridized carbons (Fsp3) is 0.600. The maximum atomic E-state index is 13.5. The summed E-state index contributed by atoms with van der Waals surface area (Å²) in [6, 6.07) is 3.95. The van der Waals surface area contributed by atoms with E-state index in [1.807, 2.05) is 13.8 Å². The number of anilines is 1. The smallest absolute Gasteiger partial charge is 0.255 e. The van der Waals surface area contributed by atoms with Gasteiger partial charge in [-0.3, -0.25) is 0 Å². The fourth-order valence-corrected chi connectivity index (χ4v) is 2.23. The Morgan fingerprint density at radius 2 is 2.05 bits per heavy atom. The minimum absolute atomic E-state index is 0.0868. The molecular formula is C15H23F3N2O. The average molecular weight is 304 g/mol. The van der Waals surface area contributed by atoms with Crippen molar-refractivity contribution in [2.45, 2.75) is 32.7 Å². The Kier molecular flexibility index (Phi) is 7.53. The van der Waals surface area contributed by atoms with E-state index in [4.69, 9.17) is 5.11 Å². The Morgan fingerprint density at radius 1 is 1.33 bits per heavy atom. The number of halogens is 3. The predicted octanol–water partition coefficient (Wildman–Crippen LogP) is 2.95. The monoisotopic (exact) mass is 304 g/mol. The highest BCUT2D eigenvalue weighted by molar-refractivity contribution is 5.55. The van der Waals surface area contributed by atoms with Crippen molar-refractivity contribution in [3.05, 3.63) is 29.6 Å². The highest BCUT2D eigenvalue weighted by Crippen LogP contribution is 2.28. The van der Waals surface area contributed by atoms with E-state index in [0.717, 1.165) is 13.0 Å². The fourth-order valence-electron chi connectivity index (χ4n) is 2.23. The topological polar surface area (TPSA) is 35.5 Å². The number of hydrogen-bond acceptors (Lipinski definition) is 3. The minimum Gasteiger partial charge on any atom is -0.395 e. The normalized spacial score (nSPS) is 12.7. The summed E-state index contributed by atoms with van der Waals surface area (Å²) in [6.45, 7) is 4.00. The van der Waals surface area contributed by atoms with Gasteiger partial charge < -0.3 is 15.3 Å². The van der Waals surface area contributed by atoms with Gasteiger partial charge in [-0.05, 0) is 43.7 Å². The number of aliphatic hydroxyl groups excluding tert-OH is 1. The van der Waals surface area contributed by atoms with Crippen LogP contribution in [0.3, 0.4) is 0 Å². The van der Waals surface area contributed by atoms with Crippen molar-refractivity contribution < 1.29 is 18.3 Å². The zero-order valence-corrected chi connectivity index (χ0v) is 12.5. The van der Waals surface area contributed by atoms with Gasteiger partial charge in [-0.2, -0.15) is 0 Å². The van der Waals surface area contributed by atoms with Crippen LogP contribution < -0.4 is 10.2 Å². The van der Waals surface area contributed by atoms with Crippen LogP contribution in [-0.2, 0) is 0 Å². The van der Waals surface area contributed by atoms with Crippen molar-refractivity contribution in [3.63, 3.8) is 0 Å². The molecule has 0 aliphatic heterocycles. The van der Waals surface area contributed by atoms with E-state index in [0.29, 0.717) is 11.3 Å². The first-order chi connectivity index (χ1) is 9.99. The van der Waals surface area contributed by atoms with E-state index in [-0.39, 0.29) is 19.2 Å². The van der Waals surface area contributed by atoms with Gasteiger partial charge in [-0.1, -0.05) is 6.92 Å². The molecular weight excluding hydrogens is 281 g/mol. The van der Waals surface area contributed by atoms with Crippen molar-refractivity contribution >= 4 is 5.69 Å². The van der Waals surface area contributed by atoms with E-state index in [9.17, 15) is 13.2 Å². The lowest BCUT2D eigenvalue weighted by atomic mass is 10.0. The first-order valence-corrected chi connectivity index (χ1v) is 7.16. The Morgan fingerprint density at radius 3 is 2.62 bits per heavy atom. The van der Waals surface area contributed by atoms with Crippen molar-refractivity contribution in [2.24, 2.45) is 0 Å². The lowest BCUT2D eigenvalue weighted by Gasteiger charge is -2.28. The molecule has 0 bridgehead atoms. The second-order valence-electron chi connectivity index (χ2n) is 4.94. The third kappa shape index (κ3) is 5.55. The highest BCUT2D eigenvalue weighted by Gasteiger charge is 2.19. The molecule has 0 aliphatic carbocycles. The molecule has 1 aromatic rings. The molecule has 1 aromatic carbocycles. The third-order valence-corrected chi connectivity index (χ3v) is 3.23. The molecule has 2 N–H and O–H groups in total. The molecule has 1 rings (SSSR count). The lowest BCUT2D eigenvalue weighted by molar-refractivity contribution is 0.152. The second kappa shape index (κ2) is 8.89. The molecule has 0 heterocycles. The van der Waals surface area contributed by atoms with Crippen LogP contribution >= 0.6 is 0 Å². The summed E-state index contributed by atoms with van der Waals surface area (Å²) in [4.78, 5) is 1.39. The number of nitrogens with one attached hydrogen (secondary N) is 1. The summed E-state index contributed by atoms with van der Waals surface area (Å²) in [5, 5.41) is 12.3. The molecule has 0 amide bonds. The summed E-state index contributed by atoms with van der Waals surface area (Å²) in [5.41, 5.74) is 1.15. The van der Waals surface area contributed by atoms with Gasteiger partial charge in [0.1, 0.15) is 5.82 Å². The van der Waals surface area contributed by atoms with Gasteiger partial charge in [-0.15, -0.1) is 0 Å². The van der Waals surface area contributed by atoms with Crippen molar-refractivity contribution in [2.75, 3.05) is 31.1 Å². The van der Waals surface area contributed by atoms with Gasteiger partial charge in [-0.25, -0.2) is 13.2 Å². The van der Waals surface area contributed by atoms with Gasteiger partial charge >= 0.3 is 0 Å². The van der Waals surface area contributed by atoms with E-state index >= 15 is 0 Å². The average Bonchev–Trinajstić information content (AvgIpc) is 2.43. The number of benzene rings is 1. The van der Waals surface area contributed by atoms with Crippen LogP contribution in [0.4, 0.5) is 18.9 Å². The molecule has 0 aromatic heterocycles. The van der Waals surface area contributed by atoms with Gasteiger partial charge in [0, 0.05) is 18.3 Å². The molecule has 120 valence electrons. The van der Waals surface area contributed by atoms with Crippen LogP contribution in [0, 0.1) is 5.82 Å². The van der Waals surface area contributed by atoms with E-state index in [1.54, 1.807) is 0 Å². The summed E-state index contributed by atoms with van der Waals surface area (Å²) in [7, 11) is 0. The zero-order chi connectivity index (χ0) is 15.8. The maximum Gasteiger partial charge on any atom is 0.255 e. The number of aliphatic hydroxyl groups is 1. The quantitative estimate of drug-likeness (QED) is 0.736. The van der Waals surface area contributed by atoms with Crippen molar-refractivity contribution in [1.29, 1.82) is 0 Å².